The van der Waals surface area contributed by atoms with Gasteiger partial charge in [0, 0.05) is 22.8 Å². The molecule has 140 valence electrons. The molecule has 1 amide bonds. The average Bonchev–Trinajstić information content (AvgIpc) is 3.06. The van der Waals surface area contributed by atoms with Crippen molar-refractivity contribution in [3.05, 3.63) is 59.1 Å². The molecular formula is C20H21ClN4OS. The molecule has 27 heavy (non-hydrogen) atoms. The van der Waals surface area contributed by atoms with Crippen LogP contribution in [0.3, 0.4) is 0 Å². The maximum Gasteiger partial charge on any atom is 0.237 e. The second-order valence-electron chi connectivity index (χ2n) is 6.17. The summed E-state index contributed by atoms with van der Waals surface area (Å²) in [5.41, 5.74) is 2.88. The first-order chi connectivity index (χ1) is 13.0. The van der Waals surface area contributed by atoms with Crippen molar-refractivity contribution >= 4 is 35.0 Å². The lowest BCUT2D eigenvalue weighted by Crippen LogP contribution is -2.22. The van der Waals surface area contributed by atoms with E-state index in [2.05, 4.69) is 15.5 Å². The minimum Gasteiger partial charge on any atom is -0.325 e. The highest BCUT2D eigenvalue weighted by Crippen LogP contribution is 2.28. The number of anilines is 1. The van der Waals surface area contributed by atoms with Crippen molar-refractivity contribution in [1.29, 1.82) is 0 Å². The molecule has 0 fully saturated rings. The molecule has 0 aliphatic carbocycles. The molecule has 7 heteroatoms. The lowest BCUT2D eigenvalue weighted by atomic mass is 10.2. The summed E-state index contributed by atoms with van der Waals surface area (Å²) in [5.74, 6) is 0.699. The molecule has 0 saturated carbocycles. The number of aromatic nitrogens is 3. The smallest absolute Gasteiger partial charge is 0.237 e. The molecule has 0 bridgehead atoms. The van der Waals surface area contributed by atoms with Crippen LogP contribution < -0.4 is 5.32 Å². The van der Waals surface area contributed by atoms with E-state index in [1.165, 1.54) is 11.8 Å². The Hall–Kier alpha value is -2.31. The van der Waals surface area contributed by atoms with Gasteiger partial charge in [0.05, 0.1) is 5.25 Å². The second kappa shape index (κ2) is 8.59. The van der Waals surface area contributed by atoms with Gasteiger partial charge in [-0.05, 0) is 57.2 Å². The van der Waals surface area contributed by atoms with Crippen molar-refractivity contribution in [2.45, 2.75) is 37.7 Å². The molecule has 1 unspecified atom stereocenters. The Kier molecular flexibility index (Phi) is 6.19. The summed E-state index contributed by atoms with van der Waals surface area (Å²) in [5, 5.41) is 12.6. The van der Waals surface area contributed by atoms with E-state index in [0.717, 1.165) is 22.6 Å². The van der Waals surface area contributed by atoms with E-state index in [1.807, 2.05) is 73.9 Å². The van der Waals surface area contributed by atoms with Crippen LogP contribution >= 0.6 is 23.4 Å². The molecule has 1 atom stereocenters. The predicted molar refractivity (Wildman–Crippen MR) is 111 cm³/mol. The van der Waals surface area contributed by atoms with Gasteiger partial charge >= 0.3 is 0 Å². The van der Waals surface area contributed by atoms with E-state index < -0.39 is 0 Å². The third kappa shape index (κ3) is 4.70. The standard InChI is InChI=1S/C20H21ClN4OS/c1-4-25-18(15-7-9-16(21)10-8-15)23-24-20(25)27-14(3)19(26)22-17-11-5-13(2)6-12-17/h5-12,14H,4H2,1-3H3,(H,22,26). The van der Waals surface area contributed by atoms with Crippen molar-refractivity contribution in [3.8, 4) is 11.4 Å². The molecule has 2 aromatic carbocycles. The SMILES string of the molecule is CCn1c(SC(C)C(=O)Nc2ccc(C)cc2)nnc1-c1ccc(Cl)cc1. The number of amides is 1. The summed E-state index contributed by atoms with van der Waals surface area (Å²) in [7, 11) is 0. The van der Waals surface area contributed by atoms with E-state index in [1.54, 1.807) is 0 Å². The fourth-order valence-corrected chi connectivity index (χ4v) is 3.60. The van der Waals surface area contributed by atoms with Crippen LogP contribution in [0.4, 0.5) is 5.69 Å². The van der Waals surface area contributed by atoms with E-state index in [4.69, 9.17) is 11.6 Å². The topological polar surface area (TPSA) is 59.8 Å². The van der Waals surface area contributed by atoms with Crippen LogP contribution in [0, 0.1) is 6.92 Å². The lowest BCUT2D eigenvalue weighted by Gasteiger charge is -2.13. The van der Waals surface area contributed by atoms with Crippen LogP contribution in [0.15, 0.2) is 53.7 Å². The first-order valence-corrected chi connectivity index (χ1v) is 9.97. The molecule has 0 aliphatic heterocycles. The molecule has 0 spiro atoms. The van der Waals surface area contributed by atoms with Crippen LogP contribution in [0.25, 0.3) is 11.4 Å². The Morgan fingerprint density at radius 3 is 2.44 bits per heavy atom. The number of nitrogens with one attached hydrogen (secondary N) is 1. The summed E-state index contributed by atoms with van der Waals surface area (Å²) < 4.78 is 2.00. The number of hydrogen-bond acceptors (Lipinski definition) is 4. The van der Waals surface area contributed by atoms with Crippen LogP contribution in [0.1, 0.15) is 19.4 Å². The molecular weight excluding hydrogens is 380 g/mol. The average molecular weight is 401 g/mol. The maximum atomic E-state index is 12.5. The molecule has 1 aromatic heterocycles. The highest BCUT2D eigenvalue weighted by atomic mass is 35.5. The summed E-state index contributed by atoms with van der Waals surface area (Å²) in [6.07, 6.45) is 0. The molecule has 0 saturated heterocycles. The normalized spacial score (nSPS) is 12.0. The molecule has 1 N–H and O–H groups in total. The zero-order chi connectivity index (χ0) is 19.4. The van der Waals surface area contributed by atoms with Gasteiger partial charge < -0.3 is 9.88 Å². The van der Waals surface area contributed by atoms with E-state index in [0.29, 0.717) is 16.7 Å². The van der Waals surface area contributed by atoms with Gasteiger partial charge in [0.15, 0.2) is 11.0 Å². The molecule has 0 aliphatic rings. The van der Waals surface area contributed by atoms with Gasteiger partial charge in [-0.15, -0.1) is 10.2 Å². The summed E-state index contributed by atoms with van der Waals surface area (Å²) in [6.45, 7) is 6.62. The number of carbonyl (C=O) groups is 1. The minimum absolute atomic E-state index is 0.0671. The molecule has 5 nitrogen and oxygen atoms in total. The van der Waals surface area contributed by atoms with E-state index in [-0.39, 0.29) is 11.2 Å². The summed E-state index contributed by atoms with van der Waals surface area (Å²) in [6, 6.07) is 15.2. The first kappa shape index (κ1) is 19.5. The summed E-state index contributed by atoms with van der Waals surface area (Å²) in [4.78, 5) is 12.5. The number of benzene rings is 2. The van der Waals surface area contributed by atoms with Crippen LogP contribution in [0.2, 0.25) is 5.02 Å². The number of nitrogens with zero attached hydrogens (tertiary/aromatic N) is 3. The van der Waals surface area contributed by atoms with E-state index in [9.17, 15) is 4.79 Å². The number of halogens is 1. The molecule has 3 rings (SSSR count). The predicted octanol–water partition coefficient (Wildman–Crippen LogP) is 5.05. The Morgan fingerprint density at radius 1 is 1.15 bits per heavy atom. The zero-order valence-corrected chi connectivity index (χ0v) is 17.0. The van der Waals surface area contributed by atoms with Crippen molar-refractivity contribution in [2.75, 3.05) is 5.32 Å². The highest BCUT2D eigenvalue weighted by Gasteiger charge is 2.20. The maximum absolute atomic E-state index is 12.5. The van der Waals surface area contributed by atoms with Gasteiger partial charge in [0.25, 0.3) is 0 Å². The van der Waals surface area contributed by atoms with Crippen LogP contribution in [-0.4, -0.2) is 25.9 Å². The number of carbonyl (C=O) groups excluding carboxylic acids is 1. The zero-order valence-electron chi connectivity index (χ0n) is 15.4. The van der Waals surface area contributed by atoms with Gasteiger partial charge in [-0.1, -0.05) is 41.1 Å². The van der Waals surface area contributed by atoms with Crippen molar-refractivity contribution in [2.24, 2.45) is 0 Å². The highest BCUT2D eigenvalue weighted by molar-refractivity contribution is 8.00. The number of aryl methyl sites for hydroxylation is 1. The third-order valence-electron chi connectivity index (χ3n) is 4.11. The van der Waals surface area contributed by atoms with Gasteiger partial charge in [0.2, 0.25) is 5.91 Å². The molecule has 0 radical (unpaired) electrons. The van der Waals surface area contributed by atoms with Crippen LogP contribution in [0.5, 0.6) is 0 Å². The van der Waals surface area contributed by atoms with Crippen molar-refractivity contribution < 1.29 is 4.79 Å². The van der Waals surface area contributed by atoms with Gasteiger partial charge in [-0.3, -0.25) is 4.79 Å². The summed E-state index contributed by atoms with van der Waals surface area (Å²) >= 11 is 7.36. The number of rotatable bonds is 6. The second-order valence-corrected chi connectivity index (χ2v) is 7.92. The fraction of sp³-hybridized carbons (Fsp3) is 0.250. The van der Waals surface area contributed by atoms with Gasteiger partial charge in [-0.25, -0.2) is 0 Å². The van der Waals surface area contributed by atoms with Crippen LogP contribution in [-0.2, 0) is 11.3 Å². The number of thioether (sulfide) groups is 1. The third-order valence-corrected chi connectivity index (χ3v) is 5.44. The minimum atomic E-state index is -0.307. The lowest BCUT2D eigenvalue weighted by molar-refractivity contribution is -0.115. The Balaban J connectivity index is 1.73. The monoisotopic (exact) mass is 400 g/mol. The molecule has 3 aromatic rings. The van der Waals surface area contributed by atoms with Gasteiger partial charge in [-0.2, -0.15) is 0 Å². The molecule has 1 heterocycles. The first-order valence-electron chi connectivity index (χ1n) is 8.71. The van der Waals surface area contributed by atoms with Crippen molar-refractivity contribution in [3.63, 3.8) is 0 Å². The fourth-order valence-electron chi connectivity index (χ4n) is 2.57. The van der Waals surface area contributed by atoms with Gasteiger partial charge in [0.1, 0.15) is 0 Å². The largest absolute Gasteiger partial charge is 0.325 e. The Bertz CT molecular complexity index is 922. The quantitative estimate of drug-likeness (QED) is 0.588. The Morgan fingerprint density at radius 2 is 1.81 bits per heavy atom. The van der Waals surface area contributed by atoms with Crippen molar-refractivity contribution in [1.82, 2.24) is 14.8 Å². The Labute approximate surface area is 168 Å². The number of hydrogen-bond donors (Lipinski definition) is 1. The van der Waals surface area contributed by atoms with E-state index >= 15 is 0 Å².